The topological polar surface area (TPSA) is 59.7 Å². The van der Waals surface area contributed by atoms with E-state index >= 15 is 0 Å². The minimum absolute atomic E-state index is 0.106. The molecule has 0 N–H and O–H groups in total. The molecule has 0 aromatic carbocycles. The largest absolute Gasteiger partial charge is 0.477 e. The third-order valence-electron chi connectivity index (χ3n) is 5.91. The van der Waals surface area contributed by atoms with Crippen LogP contribution in [0.5, 0.6) is 5.88 Å². The average molecular weight is 362 g/mol. The van der Waals surface area contributed by atoms with E-state index in [9.17, 15) is 4.79 Å². The van der Waals surface area contributed by atoms with Crippen molar-refractivity contribution in [2.45, 2.75) is 38.3 Å². The van der Waals surface area contributed by atoms with E-state index in [2.05, 4.69) is 14.9 Å². The maximum absolute atomic E-state index is 13.4. The molecule has 2 saturated heterocycles. The fourth-order valence-electron chi connectivity index (χ4n) is 4.72. The number of hydrogen-bond acceptors (Lipinski definition) is 4. The number of imidazole rings is 1. The number of rotatable bonds is 4. The molecule has 2 aliphatic rings. The molecule has 6 nitrogen and oxygen atoms in total. The van der Waals surface area contributed by atoms with E-state index in [4.69, 9.17) is 4.74 Å². The van der Waals surface area contributed by atoms with Crippen LogP contribution < -0.4 is 4.74 Å². The number of carbonyl (C=O) groups excluding carboxylic acids is 1. The number of aryl methyl sites for hydroxylation is 1. The molecule has 0 spiro atoms. The Balaban J connectivity index is 1.38. The average Bonchev–Trinajstić information content (AvgIpc) is 3.39. The summed E-state index contributed by atoms with van der Waals surface area (Å²) in [6.45, 7) is 2.59. The minimum atomic E-state index is 0.106. The van der Waals surface area contributed by atoms with Gasteiger partial charge in [0.25, 0.3) is 5.91 Å². The Morgan fingerprint density at radius 1 is 1.19 bits per heavy atom. The molecule has 27 heavy (non-hydrogen) atoms. The molecule has 5 rings (SSSR count). The summed E-state index contributed by atoms with van der Waals surface area (Å²) in [6.07, 6.45) is 6.68. The minimum Gasteiger partial charge on any atom is -0.477 e. The van der Waals surface area contributed by atoms with Crippen LogP contribution in [0.2, 0.25) is 0 Å². The lowest BCUT2D eigenvalue weighted by molar-refractivity contribution is 0.0702. The van der Waals surface area contributed by atoms with Gasteiger partial charge in [-0.15, -0.1) is 0 Å². The van der Waals surface area contributed by atoms with Crippen LogP contribution in [0, 0.1) is 12.8 Å². The fraction of sp³-hybridized carbons (Fsp3) is 0.381. The third kappa shape index (κ3) is 2.67. The Morgan fingerprint density at radius 3 is 2.96 bits per heavy atom. The van der Waals surface area contributed by atoms with Gasteiger partial charge >= 0.3 is 0 Å². The van der Waals surface area contributed by atoms with Crippen molar-refractivity contribution in [2.75, 3.05) is 6.61 Å². The molecule has 138 valence electrons. The van der Waals surface area contributed by atoms with Crippen molar-refractivity contribution in [1.82, 2.24) is 19.3 Å². The Morgan fingerprint density at radius 2 is 2.11 bits per heavy atom. The van der Waals surface area contributed by atoms with Gasteiger partial charge in [-0.3, -0.25) is 9.20 Å². The van der Waals surface area contributed by atoms with Crippen LogP contribution in [0.1, 0.15) is 35.4 Å². The zero-order valence-corrected chi connectivity index (χ0v) is 15.3. The highest BCUT2D eigenvalue weighted by molar-refractivity contribution is 5.94. The van der Waals surface area contributed by atoms with E-state index in [1.165, 1.54) is 0 Å². The molecule has 3 aromatic rings. The number of ether oxygens (including phenoxy) is 1. The van der Waals surface area contributed by atoms with Crippen molar-refractivity contribution in [3.8, 4) is 5.88 Å². The van der Waals surface area contributed by atoms with Crippen molar-refractivity contribution in [3.05, 3.63) is 60.2 Å². The van der Waals surface area contributed by atoms with Crippen molar-refractivity contribution in [1.29, 1.82) is 0 Å². The Labute approximate surface area is 157 Å². The molecular formula is C21H22N4O2. The number of hydrogen-bond donors (Lipinski definition) is 0. The molecule has 5 heterocycles. The smallest absolute Gasteiger partial charge is 0.271 e. The highest BCUT2D eigenvalue weighted by Gasteiger charge is 2.49. The lowest BCUT2D eigenvalue weighted by Crippen LogP contribution is -2.38. The van der Waals surface area contributed by atoms with Gasteiger partial charge in [-0.1, -0.05) is 12.1 Å². The van der Waals surface area contributed by atoms with Crippen molar-refractivity contribution >= 4 is 11.6 Å². The summed E-state index contributed by atoms with van der Waals surface area (Å²) in [5.41, 5.74) is 2.50. The van der Waals surface area contributed by atoms with Crippen LogP contribution in [-0.2, 0) is 0 Å². The second-order valence-corrected chi connectivity index (χ2v) is 7.49. The molecule has 0 aliphatic carbocycles. The first-order chi connectivity index (χ1) is 13.2. The van der Waals surface area contributed by atoms with Crippen LogP contribution >= 0.6 is 0 Å². The van der Waals surface area contributed by atoms with E-state index in [0.717, 1.165) is 30.6 Å². The van der Waals surface area contributed by atoms with Crippen molar-refractivity contribution in [2.24, 2.45) is 5.92 Å². The molecule has 0 saturated carbocycles. The van der Waals surface area contributed by atoms with Crippen LogP contribution in [0.4, 0.5) is 0 Å². The number of aromatic nitrogens is 3. The van der Waals surface area contributed by atoms with Crippen molar-refractivity contribution < 1.29 is 9.53 Å². The fourth-order valence-corrected chi connectivity index (χ4v) is 4.72. The first kappa shape index (κ1) is 16.3. The Bertz CT molecular complexity index is 984. The van der Waals surface area contributed by atoms with Crippen LogP contribution in [0.3, 0.4) is 0 Å². The van der Waals surface area contributed by atoms with E-state index < -0.39 is 0 Å². The third-order valence-corrected chi connectivity index (χ3v) is 5.91. The molecular weight excluding hydrogens is 340 g/mol. The molecule has 2 fully saturated rings. The number of carbonyl (C=O) groups is 1. The van der Waals surface area contributed by atoms with E-state index in [1.54, 1.807) is 6.20 Å². The predicted molar refractivity (Wildman–Crippen MR) is 101 cm³/mol. The summed E-state index contributed by atoms with van der Waals surface area (Å²) in [4.78, 5) is 24.1. The quantitative estimate of drug-likeness (QED) is 0.716. The number of pyridine rings is 2. The summed E-state index contributed by atoms with van der Waals surface area (Å²) in [6, 6.07) is 12.0. The highest BCUT2D eigenvalue weighted by atomic mass is 16.5. The van der Waals surface area contributed by atoms with Gasteiger partial charge in [0.2, 0.25) is 5.88 Å². The Kier molecular flexibility index (Phi) is 3.85. The Hall–Kier alpha value is -2.89. The second-order valence-electron chi connectivity index (χ2n) is 7.49. The predicted octanol–water partition coefficient (Wildman–Crippen LogP) is 3.11. The van der Waals surface area contributed by atoms with E-state index in [-0.39, 0.29) is 11.9 Å². The summed E-state index contributed by atoms with van der Waals surface area (Å²) in [5.74, 6) is 1.12. The number of amides is 1. The molecule has 2 bridgehead atoms. The van der Waals surface area contributed by atoms with Gasteiger partial charge in [0.05, 0.1) is 6.61 Å². The van der Waals surface area contributed by atoms with Gasteiger partial charge in [0.1, 0.15) is 11.3 Å². The van der Waals surface area contributed by atoms with Gasteiger partial charge in [-0.25, -0.2) is 9.97 Å². The maximum Gasteiger partial charge on any atom is 0.271 e. The number of nitrogens with zero attached hydrogens (tertiary/aromatic N) is 4. The lowest BCUT2D eigenvalue weighted by Gasteiger charge is -2.25. The lowest BCUT2D eigenvalue weighted by atomic mass is 9.90. The zero-order valence-electron chi connectivity index (χ0n) is 15.3. The molecule has 3 unspecified atom stereocenters. The van der Waals surface area contributed by atoms with Crippen molar-refractivity contribution in [3.63, 3.8) is 0 Å². The standard InChI is InChI=1S/C21H22N4O2/c1-14-12-23-19-6-4-5-18(24(14)19)21(26)25-16-8-9-17(25)15(11-16)13-27-20-7-2-3-10-22-20/h2-7,10,12,15-17H,8-9,11,13H2,1H3. The van der Waals surface area contributed by atoms with Crippen LogP contribution in [0.25, 0.3) is 5.65 Å². The van der Waals surface area contributed by atoms with Gasteiger partial charge < -0.3 is 9.64 Å². The first-order valence-corrected chi connectivity index (χ1v) is 9.52. The molecule has 6 heteroatoms. The molecule has 2 aliphatic heterocycles. The van der Waals surface area contributed by atoms with Crippen LogP contribution in [-0.4, -0.2) is 43.9 Å². The summed E-state index contributed by atoms with van der Waals surface area (Å²) >= 11 is 0. The van der Waals surface area contributed by atoms with E-state index in [0.29, 0.717) is 30.1 Å². The summed E-state index contributed by atoms with van der Waals surface area (Å²) in [7, 11) is 0. The molecule has 3 aromatic heterocycles. The number of fused-ring (bicyclic) bond motifs is 3. The monoisotopic (exact) mass is 362 g/mol. The maximum atomic E-state index is 13.4. The summed E-state index contributed by atoms with van der Waals surface area (Å²) in [5, 5.41) is 0. The van der Waals surface area contributed by atoms with Gasteiger partial charge in [0, 0.05) is 42.2 Å². The molecule has 3 atom stereocenters. The summed E-state index contributed by atoms with van der Waals surface area (Å²) < 4.78 is 7.85. The van der Waals surface area contributed by atoms with Crippen LogP contribution in [0.15, 0.2) is 48.8 Å². The zero-order chi connectivity index (χ0) is 18.4. The van der Waals surface area contributed by atoms with E-state index in [1.807, 2.05) is 53.9 Å². The SMILES string of the molecule is Cc1cnc2cccc(C(=O)N3C4CCC3C(COc3ccccn3)C4)n12. The molecule has 1 amide bonds. The van der Waals surface area contributed by atoms with Gasteiger partial charge in [0.15, 0.2) is 0 Å². The van der Waals surface area contributed by atoms with Gasteiger partial charge in [-0.05, 0) is 44.4 Å². The second kappa shape index (κ2) is 6.37. The highest BCUT2D eigenvalue weighted by Crippen LogP contribution is 2.42. The first-order valence-electron chi connectivity index (χ1n) is 9.52. The molecule has 0 radical (unpaired) electrons. The normalized spacial score (nSPS) is 23.9. The van der Waals surface area contributed by atoms with Gasteiger partial charge in [-0.2, -0.15) is 0 Å².